The summed E-state index contributed by atoms with van der Waals surface area (Å²) < 4.78 is 15.9. The molecule has 0 bridgehead atoms. The number of nitrogens with one attached hydrogen (secondary N) is 2. The van der Waals surface area contributed by atoms with Gasteiger partial charge in [-0.25, -0.2) is 19.6 Å². The van der Waals surface area contributed by atoms with E-state index in [2.05, 4.69) is 20.6 Å². The molecule has 1 fully saturated rings. The number of piperazine rings is 1. The summed E-state index contributed by atoms with van der Waals surface area (Å²) in [7, 11) is 0. The molecule has 0 radical (unpaired) electrons. The Morgan fingerprint density at radius 1 is 1.07 bits per heavy atom. The van der Waals surface area contributed by atoms with E-state index in [1.54, 1.807) is 20.8 Å². The summed E-state index contributed by atoms with van der Waals surface area (Å²) in [5.74, 6) is -1.86. The molecular weight excluding hydrogens is 530 g/mol. The molecule has 2 amide bonds. The van der Waals surface area contributed by atoms with Crippen molar-refractivity contribution in [3.05, 3.63) is 47.8 Å². The number of rotatable bonds is 11. The zero-order valence-corrected chi connectivity index (χ0v) is 24.1. The monoisotopic (exact) mass is 569 g/mol. The number of aromatic nitrogens is 2. The van der Waals surface area contributed by atoms with Crippen molar-refractivity contribution in [3.63, 3.8) is 0 Å². The zero-order valence-electron chi connectivity index (χ0n) is 24.1. The molecule has 0 saturated carbocycles. The van der Waals surface area contributed by atoms with Crippen LogP contribution in [-0.4, -0.2) is 89.8 Å². The number of amides is 2. The van der Waals surface area contributed by atoms with E-state index in [1.165, 1.54) is 11.0 Å². The molecule has 1 aliphatic heterocycles. The van der Waals surface area contributed by atoms with E-state index in [4.69, 9.17) is 14.2 Å². The summed E-state index contributed by atoms with van der Waals surface area (Å²) in [6.07, 6.45) is -0.681. The van der Waals surface area contributed by atoms with Crippen LogP contribution in [0.4, 0.5) is 4.79 Å². The molecule has 222 valence electrons. The van der Waals surface area contributed by atoms with Gasteiger partial charge < -0.3 is 29.7 Å². The van der Waals surface area contributed by atoms with Gasteiger partial charge in [-0.3, -0.25) is 9.59 Å². The van der Waals surface area contributed by atoms with E-state index < -0.39 is 35.6 Å². The van der Waals surface area contributed by atoms with Crippen LogP contribution in [0.25, 0.3) is 11.4 Å². The molecule has 12 nitrogen and oxygen atoms in total. The van der Waals surface area contributed by atoms with E-state index >= 15 is 0 Å². The summed E-state index contributed by atoms with van der Waals surface area (Å²) in [5, 5.41) is 5.72. The zero-order chi connectivity index (χ0) is 29.8. The molecule has 1 aromatic carbocycles. The standard InChI is InChI=1S/C29H39N5O7/c1-5-39-18-13-21-19-23(32-25(31-21)20-9-7-6-8-10-20)26(36)33-22(11-12-24(35)41-29(2,3)4)27(37)40-28(38)34-16-14-30-15-17-34/h6-10,19,22,30H,5,11-18H2,1-4H3,(H,33,36). The number of nitrogens with zero attached hydrogens (tertiary/aromatic N) is 3. The molecule has 2 aromatic rings. The molecule has 1 aromatic heterocycles. The van der Waals surface area contributed by atoms with Gasteiger partial charge in [0.15, 0.2) is 5.82 Å². The lowest BCUT2D eigenvalue weighted by Crippen LogP contribution is -2.49. The van der Waals surface area contributed by atoms with Gasteiger partial charge in [-0.15, -0.1) is 0 Å². The largest absolute Gasteiger partial charge is 0.460 e. The first-order valence-corrected chi connectivity index (χ1v) is 13.8. The molecule has 2 N–H and O–H groups in total. The average molecular weight is 570 g/mol. The average Bonchev–Trinajstić information content (AvgIpc) is 2.95. The number of carbonyl (C=O) groups is 4. The summed E-state index contributed by atoms with van der Waals surface area (Å²) in [5.41, 5.74) is 0.594. The van der Waals surface area contributed by atoms with Crippen LogP contribution in [0, 0.1) is 0 Å². The summed E-state index contributed by atoms with van der Waals surface area (Å²) >= 11 is 0. The van der Waals surface area contributed by atoms with Crippen molar-refractivity contribution in [1.82, 2.24) is 25.5 Å². The maximum Gasteiger partial charge on any atom is 0.417 e. The van der Waals surface area contributed by atoms with Gasteiger partial charge >= 0.3 is 18.0 Å². The van der Waals surface area contributed by atoms with Gasteiger partial charge in [0.1, 0.15) is 17.3 Å². The Balaban J connectivity index is 1.81. The minimum absolute atomic E-state index is 0.0221. The number of benzene rings is 1. The molecular formula is C29H39N5O7. The second-order valence-corrected chi connectivity index (χ2v) is 10.5. The van der Waals surface area contributed by atoms with Crippen molar-refractivity contribution in [2.24, 2.45) is 0 Å². The molecule has 1 atom stereocenters. The predicted molar refractivity (Wildman–Crippen MR) is 150 cm³/mol. The molecule has 3 rings (SSSR count). The molecule has 0 spiro atoms. The highest BCUT2D eigenvalue weighted by molar-refractivity contribution is 5.97. The maximum absolute atomic E-state index is 13.4. The van der Waals surface area contributed by atoms with Crippen molar-refractivity contribution in [3.8, 4) is 11.4 Å². The third kappa shape index (κ3) is 10.5. The van der Waals surface area contributed by atoms with Gasteiger partial charge in [-0.1, -0.05) is 30.3 Å². The Hall–Kier alpha value is -3.90. The number of hydrogen-bond donors (Lipinski definition) is 2. The number of esters is 2. The third-order valence-electron chi connectivity index (χ3n) is 5.96. The van der Waals surface area contributed by atoms with E-state index in [1.807, 2.05) is 37.3 Å². The quantitative estimate of drug-likeness (QED) is 0.235. The highest BCUT2D eigenvalue weighted by Gasteiger charge is 2.30. The van der Waals surface area contributed by atoms with Crippen molar-refractivity contribution in [2.45, 2.75) is 58.6 Å². The van der Waals surface area contributed by atoms with E-state index in [0.29, 0.717) is 62.9 Å². The van der Waals surface area contributed by atoms with Crippen LogP contribution in [0.15, 0.2) is 36.4 Å². The van der Waals surface area contributed by atoms with Crippen molar-refractivity contribution in [1.29, 1.82) is 0 Å². The van der Waals surface area contributed by atoms with Crippen molar-refractivity contribution >= 4 is 23.9 Å². The topological polar surface area (TPSA) is 149 Å². The molecule has 1 unspecified atom stereocenters. The van der Waals surface area contributed by atoms with Gasteiger partial charge in [0.25, 0.3) is 5.91 Å². The fraction of sp³-hybridized carbons (Fsp3) is 0.517. The van der Waals surface area contributed by atoms with Crippen molar-refractivity contribution < 1.29 is 33.4 Å². The van der Waals surface area contributed by atoms with Gasteiger partial charge in [0.2, 0.25) is 0 Å². The van der Waals surface area contributed by atoms with E-state index in [0.717, 1.165) is 0 Å². The molecule has 0 aliphatic carbocycles. The summed E-state index contributed by atoms with van der Waals surface area (Å²) in [6, 6.07) is 9.41. The molecule has 2 heterocycles. The third-order valence-corrected chi connectivity index (χ3v) is 5.96. The number of carbonyl (C=O) groups excluding carboxylic acids is 4. The highest BCUT2D eigenvalue weighted by atomic mass is 16.6. The van der Waals surface area contributed by atoms with E-state index in [9.17, 15) is 19.2 Å². The van der Waals surface area contributed by atoms with Crippen LogP contribution in [0.2, 0.25) is 0 Å². The minimum atomic E-state index is -1.30. The molecule has 1 aliphatic rings. The smallest absolute Gasteiger partial charge is 0.417 e. The molecule has 41 heavy (non-hydrogen) atoms. The maximum atomic E-state index is 13.4. The van der Waals surface area contributed by atoms with Crippen LogP contribution >= 0.6 is 0 Å². The summed E-state index contributed by atoms with van der Waals surface area (Å²) in [6.45, 7) is 9.94. The fourth-order valence-corrected chi connectivity index (χ4v) is 3.98. The van der Waals surface area contributed by atoms with Crippen LogP contribution in [0.5, 0.6) is 0 Å². The lowest BCUT2D eigenvalue weighted by atomic mass is 10.1. The van der Waals surface area contributed by atoms with Gasteiger partial charge in [0, 0.05) is 56.9 Å². The first-order valence-electron chi connectivity index (χ1n) is 13.8. The number of hydrogen-bond acceptors (Lipinski definition) is 10. The number of ether oxygens (including phenoxy) is 3. The van der Waals surface area contributed by atoms with Gasteiger partial charge in [-0.2, -0.15) is 0 Å². The highest BCUT2D eigenvalue weighted by Crippen LogP contribution is 2.17. The lowest BCUT2D eigenvalue weighted by Gasteiger charge is -2.27. The normalized spacial score (nSPS) is 14.2. The van der Waals surface area contributed by atoms with Crippen LogP contribution < -0.4 is 10.6 Å². The second-order valence-electron chi connectivity index (χ2n) is 10.5. The summed E-state index contributed by atoms with van der Waals surface area (Å²) in [4.78, 5) is 61.9. The fourth-order valence-electron chi connectivity index (χ4n) is 3.98. The SMILES string of the molecule is CCOCCc1cc(C(=O)NC(CCC(=O)OC(C)(C)C)C(=O)OC(=O)N2CCNCC2)nc(-c2ccccc2)n1. The Bertz CT molecular complexity index is 1190. The van der Waals surface area contributed by atoms with Gasteiger partial charge in [0.05, 0.1) is 6.61 Å². The van der Waals surface area contributed by atoms with Crippen LogP contribution in [0.3, 0.4) is 0 Å². The van der Waals surface area contributed by atoms with Gasteiger partial charge in [-0.05, 0) is 40.2 Å². The Morgan fingerprint density at radius 3 is 2.44 bits per heavy atom. The molecule has 1 saturated heterocycles. The first-order chi connectivity index (χ1) is 19.6. The molecule has 12 heteroatoms. The predicted octanol–water partition coefficient (Wildman–Crippen LogP) is 2.51. The minimum Gasteiger partial charge on any atom is -0.460 e. The lowest BCUT2D eigenvalue weighted by molar-refractivity contribution is -0.155. The van der Waals surface area contributed by atoms with Crippen LogP contribution in [-0.2, 0) is 30.2 Å². The second kappa shape index (κ2) is 15.2. The van der Waals surface area contributed by atoms with Crippen LogP contribution in [0.1, 0.15) is 56.7 Å². The van der Waals surface area contributed by atoms with E-state index in [-0.39, 0.29) is 18.5 Å². The van der Waals surface area contributed by atoms with Crippen molar-refractivity contribution in [2.75, 3.05) is 39.4 Å². The Labute approximate surface area is 240 Å². The Kier molecular flexibility index (Phi) is 11.7. The first kappa shape index (κ1) is 31.6. The Morgan fingerprint density at radius 2 is 1.78 bits per heavy atom.